The minimum absolute atomic E-state index is 0.0919. The fraction of sp³-hybridized carbons (Fsp3) is 0.455. The molecule has 8 nitrogen and oxygen atoms in total. The monoisotopic (exact) mass is 268 g/mol. The lowest BCUT2D eigenvalue weighted by Gasteiger charge is -2.14. The quantitative estimate of drug-likeness (QED) is 0.416. The van der Waals surface area contributed by atoms with Gasteiger partial charge in [0.2, 0.25) is 5.91 Å². The van der Waals surface area contributed by atoms with Crippen LogP contribution in [0.2, 0.25) is 0 Å². The number of carbonyl (C=O) groups is 2. The minimum Gasteiger partial charge on any atom is -0.359 e. The third-order valence-electron chi connectivity index (χ3n) is 2.59. The minimum atomic E-state index is -0.567. The topological polar surface area (TPSA) is 108 Å². The van der Waals surface area contributed by atoms with Gasteiger partial charge in [-0.3, -0.25) is 24.6 Å². The molecule has 0 saturated heterocycles. The van der Waals surface area contributed by atoms with Crippen LogP contribution in [-0.2, 0) is 4.79 Å². The molecule has 0 radical (unpaired) electrons. The molecule has 1 aromatic rings. The molecule has 0 unspecified atom stereocenters. The zero-order valence-electron chi connectivity index (χ0n) is 10.8. The predicted molar refractivity (Wildman–Crippen MR) is 68.0 cm³/mol. The lowest BCUT2D eigenvalue weighted by Crippen LogP contribution is -2.30. The molecule has 0 aliphatic rings. The summed E-state index contributed by atoms with van der Waals surface area (Å²) < 4.78 is 0. The largest absolute Gasteiger partial charge is 0.359 e. The maximum atomic E-state index is 11.8. The van der Waals surface area contributed by atoms with Crippen LogP contribution < -0.4 is 5.32 Å². The lowest BCUT2D eigenvalue weighted by molar-refractivity contribution is -0.384. The molecule has 1 amide bonds. The highest BCUT2D eigenvalue weighted by Crippen LogP contribution is 2.12. The fourth-order valence-corrected chi connectivity index (χ4v) is 1.48. The number of hydrogen-bond donors (Lipinski definition) is 2. The first-order chi connectivity index (χ1) is 8.93. The Morgan fingerprint density at radius 3 is 2.74 bits per heavy atom. The molecule has 2 N–H and O–H groups in total. The van der Waals surface area contributed by atoms with Crippen LogP contribution in [0.3, 0.4) is 0 Å². The van der Waals surface area contributed by atoms with Crippen LogP contribution in [-0.4, -0.2) is 53.7 Å². The summed E-state index contributed by atoms with van der Waals surface area (Å²) in [5, 5.41) is 13.0. The van der Waals surface area contributed by atoms with Crippen molar-refractivity contribution in [2.24, 2.45) is 0 Å². The van der Waals surface area contributed by atoms with Gasteiger partial charge in [-0.25, -0.2) is 0 Å². The summed E-state index contributed by atoms with van der Waals surface area (Å²) in [5.74, 6) is -0.359. The zero-order valence-corrected chi connectivity index (χ0v) is 10.8. The number of hydrogen-bond acceptors (Lipinski definition) is 5. The summed E-state index contributed by atoms with van der Waals surface area (Å²) in [6, 6.07) is 1.20. The fourth-order valence-electron chi connectivity index (χ4n) is 1.48. The van der Waals surface area contributed by atoms with Crippen LogP contribution in [0.25, 0.3) is 0 Å². The highest BCUT2D eigenvalue weighted by atomic mass is 16.6. The van der Waals surface area contributed by atoms with Gasteiger partial charge in [0.15, 0.2) is 5.78 Å². The van der Waals surface area contributed by atoms with E-state index in [9.17, 15) is 19.7 Å². The van der Waals surface area contributed by atoms with E-state index < -0.39 is 4.92 Å². The molecule has 0 bridgehead atoms. The number of rotatable bonds is 7. The van der Waals surface area contributed by atoms with Gasteiger partial charge in [-0.05, 0) is 7.05 Å². The van der Waals surface area contributed by atoms with E-state index in [1.165, 1.54) is 12.3 Å². The number of Topliss-reactive ketones (excluding diaryl/α,β-unsaturated/α-hetero) is 1. The molecule has 0 saturated carbocycles. The maximum Gasteiger partial charge on any atom is 0.287 e. The van der Waals surface area contributed by atoms with Gasteiger partial charge in [0.25, 0.3) is 5.69 Å². The van der Waals surface area contributed by atoms with Crippen LogP contribution in [0.4, 0.5) is 5.69 Å². The Kier molecular flexibility index (Phi) is 5.19. The summed E-state index contributed by atoms with van der Waals surface area (Å²) in [6.45, 7) is 0.531. The van der Waals surface area contributed by atoms with E-state index in [2.05, 4.69) is 10.3 Å². The Bertz CT molecular complexity index is 483. The van der Waals surface area contributed by atoms with Gasteiger partial charge in [-0.15, -0.1) is 0 Å². The van der Waals surface area contributed by atoms with Gasteiger partial charge in [0, 0.05) is 26.1 Å². The molecule has 0 aliphatic carbocycles. The third kappa shape index (κ3) is 4.51. The molecule has 1 rings (SSSR count). The number of aromatic nitrogens is 1. The summed E-state index contributed by atoms with van der Waals surface area (Å²) in [7, 11) is 3.25. The van der Waals surface area contributed by atoms with E-state index in [-0.39, 0.29) is 29.6 Å². The van der Waals surface area contributed by atoms with Gasteiger partial charge < -0.3 is 10.3 Å². The van der Waals surface area contributed by atoms with Crippen LogP contribution in [0.5, 0.6) is 0 Å². The Hall–Kier alpha value is -2.22. The molecule has 104 valence electrons. The first-order valence-electron chi connectivity index (χ1n) is 5.69. The van der Waals surface area contributed by atoms with Gasteiger partial charge in [0.05, 0.1) is 23.4 Å². The first-order valence-corrected chi connectivity index (χ1v) is 5.69. The van der Waals surface area contributed by atoms with E-state index >= 15 is 0 Å². The van der Waals surface area contributed by atoms with Crippen molar-refractivity contribution in [3.05, 3.63) is 28.1 Å². The molecular formula is C11H16N4O4. The molecule has 0 aromatic carbocycles. The van der Waals surface area contributed by atoms with Gasteiger partial charge in [-0.1, -0.05) is 0 Å². The van der Waals surface area contributed by atoms with E-state index in [0.29, 0.717) is 13.0 Å². The highest BCUT2D eigenvalue weighted by molar-refractivity contribution is 5.96. The number of H-pyrrole nitrogens is 1. The summed E-state index contributed by atoms with van der Waals surface area (Å²) >= 11 is 0. The predicted octanol–water partition coefficient (Wildman–Crippen LogP) is 0.174. The van der Waals surface area contributed by atoms with Gasteiger partial charge >= 0.3 is 0 Å². The number of nitrogens with zero attached hydrogens (tertiary/aromatic N) is 2. The number of aromatic amines is 1. The molecule has 0 fully saturated rings. The number of ketones is 1. The summed E-state index contributed by atoms with van der Waals surface area (Å²) in [6.07, 6.45) is 1.48. The molecule has 0 aliphatic heterocycles. The van der Waals surface area contributed by atoms with Crippen molar-refractivity contribution in [3.8, 4) is 0 Å². The number of carbonyl (C=O) groups excluding carboxylic acids is 2. The Morgan fingerprint density at radius 2 is 2.21 bits per heavy atom. The van der Waals surface area contributed by atoms with Crippen molar-refractivity contribution < 1.29 is 14.5 Å². The number of nitro groups is 1. The standard InChI is InChI=1S/C11H16N4O4/c1-12-11(17)3-4-14(2)7-10(16)9-5-8(6-13-9)15(18)19/h5-6,13H,3-4,7H2,1-2H3,(H,12,17). The van der Waals surface area contributed by atoms with E-state index in [0.717, 1.165) is 0 Å². The Morgan fingerprint density at radius 1 is 1.53 bits per heavy atom. The second-order valence-electron chi connectivity index (χ2n) is 4.11. The number of nitrogens with one attached hydrogen (secondary N) is 2. The SMILES string of the molecule is CNC(=O)CCN(C)CC(=O)c1cc([N+](=O)[O-])c[nH]1. The van der Waals surface area contributed by atoms with Crippen LogP contribution >= 0.6 is 0 Å². The summed E-state index contributed by atoms with van der Waals surface area (Å²) in [5.41, 5.74) is 0.0508. The molecule has 8 heteroatoms. The van der Waals surface area contributed by atoms with Crippen molar-refractivity contribution in [1.29, 1.82) is 0 Å². The third-order valence-corrected chi connectivity index (χ3v) is 2.59. The molecule has 0 spiro atoms. The summed E-state index contributed by atoms with van der Waals surface area (Å²) in [4.78, 5) is 37.0. The van der Waals surface area contributed by atoms with Gasteiger partial charge in [0.1, 0.15) is 0 Å². The van der Waals surface area contributed by atoms with E-state index in [1.807, 2.05) is 0 Å². The second-order valence-corrected chi connectivity index (χ2v) is 4.11. The van der Waals surface area contributed by atoms with Crippen molar-refractivity contribution in [3.63, 3.8) is 0 Å². The number of likely N-dealkylation sites (N-methyl/N-ethyl adjacent to an activating group) is 1. The highest BCUT2D eigenvalue weighted by Gasteiger charge is 2.16. The smallest absolute Gasteiger partial charge is 0.287 e. The van der Waals surface area contributed by atoms with Crippen LogP contribution in [0.1, 0.15) is 16.9 Å². The van der Waals surface area contributed by atoms with Gasteiger partial charge in [-0.2, -0.15) is 0 Å². The van der Waals surface area contributed by atoms with E-state index in [1.54, 1.807) is 19.0 Å². The Balaban J connectivity index is 2.49. The lowest BCUT2D eigenvalue weighted by atomic mass is 10.2. The average molecular weight is 268 g/mol. The normalized spacial score (nSPS) is 10.5. The Labute approximate surface area is 109 Å². The average Bonchev–Trinajstić information content (AvgIpc) is 2.85. The molecular weight excluding hydrogens is 252 g/mol. The van der Waals surface area contributed by atoms with Crippen LogP contribution in [0.15, 0.2) is 12.3 Å². The molecule has 1 aromatic heterocycles. The molecule has 1 heterocycles. The van der Waals surface area contributed by atoms with Crippen molar-refractivity contribution in [1.82, 2.24) is 15.2 Å². The van der Waals surface area contributed by atoms with Crippen molar-refractivity contribution in [2.45, 2.75) is 6.42 Å². The second kappa shape index (κ2) is 6.64. The first kappa shape index (κ1) is 14.8. The zero-order chi connectivity index (χ0) is 14.4. The van der Waals surface area contributed by atoms with Crippen molar-refractivity contribution in [2.75, 3.05) is 27.2 Å². The van der Waals surface area contributed by atoms with Crippen LogP contribution in [0, 0.1) is 10.1 Å². The maximum absolute atomic E-state index is 11.8. The van der Waals surface area contributed by atoms with Crippen molar-refractivity contribution >= 4 is 17.4 Å². The molecule has 0 atom stereocenters. The van der Waals surface area contributed by atoms with E-state index in [4.69, 9.17) is 0 Å². The number of amides is 1. The molecule has 19 heavy (non-hydrogen) atoms.